The Labute approximate surface area is 105 Å². The summed E-state index contributed by atoms with van der Waals surface area (Å²) in [5, 5.41) is 3.07. The van der Waals surface area contributed by atoms with Gasteiger partial charge in [-0.3, -0.25) is 4.79 Å². The molecule has 1 amide bonds. The van der Waals surface area contributed by atoms with Crippen molar-refractivity contribution in [2.75, 3.05) is 0 Å². The number of rotatable bonds is 3. The van der Waals surface area contributed by atoms with E-state index in [9.17, 15) is 4.79 Å². The van der Waals surface area contributed by atoms with Gasteiger partial charge in [0, 0.05) is 6.04 Å². The van der Waals surface area contributed by atoms with Gasteiger partial charge in [0.05, 0.1) is 6.04 Å². The Morgan fingerprint density at radius 3 is 2.25 bits per heavy atom. The molecule has 0 saturated heterocycles. The number of amides is 1. The maximum atomic E-state index is 11.6. The molecule has 0 aromatic rings. The fourth-order valence-electron chi connectivity index (χ4n) is 2.09. The minimum absolute atomic E-state index is 0. The average molecular weight is 249 g/mol. The number of hydrogen-bond acceptors (Lipinski definition) is 2. The molecule has 3 nitrogen and oxygen atoms in total. The third-order valence-electron chi connectivity index (χ3n) is 3.23. The Kier molecular flexibility index (Phi) is 8.67. The highest BCUT2D eigenvalue weighted by Gasteiger charge is 2.17. The van der Waals surface area contributed by atoms with E-state index < -0.39 is 0 Å². The average Bonchev–Trinajstić information content (AvgIpc) is 2.20. The van der Waals surface area contributed by atoms with E-state index in [4.69, 9.17) is 5.73 Å². The number of hydrogen-bond donors (Lipinski definition) is 2. The fourth-order valence-corrected chi connectivity index (χ4v) is 2.09. The molecule has 1 atom stereocenters. The lowest BCUT2D eigenvalue weighted by Crippen LogP contribution is -2.45. The molecule has 1 rings (SSSR count). The molecule has 0 heterocycles. The Morgan fingerprint density at radius 1 is 1.25 bits per heavy atom. The second kappa shape index (κ2) is 8.82. The molecule has 4 heteroatoms. The largest absolute Gasteiger partial charge is 0.352 e. The van der Waals surface area contributed by atoms with Gasteiger partial charge in [-0.05, 0) is 19.3 Å². The normalized spacial score (nSPS) is 20.1. The first-order valence-corrected chi connectivity index (χ1v) is 6.30. The van der Waals surface area contributed by atoms with Crippen LogP contribution in [-0.4, -0.2) is 18.0 Å². The number of carbonyl (C=O) groups is 1. The summed E-state index contributed by atoms with van der Waals surface area (Å²) >= 11 is 0. The van der Waals surface area contributed by atoms with E-state index in [0.29, 0.717) is 6.04 Å². The van der Waals surface area contributed by atoms with Crippen molar-refractivity contribution in [3.63, 3.8) is 0 Å². The molecule has 0 bridgehead atoms. The van der Waals surface area contributed by atoms with Crippen molar-refractivity contribution in [3.8, 4) is 0 Å². The van der Waals surface area contributed by atoms with Gasteiger partial charge >= 0.3 is 0 Å². The van der Waals surface area contributed by atoms with Crippen LogP contribution in [0, 0.1) is 0 Å². The van der Waals surface area contributed by atoms with Crippen molar-refractivity contribution < 1.29 is 4.79 Å². The van der Waals surface area contributed by atoms with Crippen molar-refractivity contribution in [1.82, 2.24) is 5.32 Å². The quantitative estimate of drug-likeness (QED) is 0.806. The molecular weight excluding hydrogens is 224 g/mol. The number of nitrogens with two attached hydrogens (primary N) is 1. The summed E-state index contributed by atoms with van der Waals surface area (Å²) in [4.78, 5) is 11.6. The maximum absolute atomic E-state index is 11.6. The number of carbonyl (C=O) groups excluding carboxylic acids is 1. The Hall–Kier alpha value is -0.280. The number of halogens is 1. The van der Waals surface area contributed by atoms with Crippen molar-refractivity contribution in [2.24, 2.45) is 5.73 Å². The summed E-state index contributed by atoms with van der Waals surface area (Å²) in [6, 6.07) is 0.0471. The smallest absolute Gasteiger partial charge is 0.237 e. The van der Waals surface area contributed by atoms with E-state index in [1.54, 1.807) is 0 Å². The first-order chi connectivity index (χ1) is 7.24. The fraction of sp³-hybridized carbons (Fsp3) is 0.917. The predicted molar refractivity (Wildman–Crippen MR) is 69.8 cm³/mol. The van der Waals surface area contributed by atoms with Crippen LogP contribution in [0.3, 0.4) is 0 Å². The van der Waals surface area contributed by atoms with Crippen LogP contribution < -0.4 is 11.1 Å². The molecule has 1 saturated carbocycles. The maximum Gasteiger partial charge on any atom is 0.237 e. The Morgan fingerprint density at radius 2 is 1.75 bits per heavy atom. The van der Waals surface area contributed by atoms with Crippen molar-refractivity contribution in [1.29, 1.82) is 0 Å². The van der Waals surface area contributed by atoms with Gasteiger partial charge in [0.1, 0.15) is 0 Å². The Balaban J connectivity index is 0.00000225. The van der Waals surface area contributed by atoms with Crippen LogP contribution in [0.2, 0.25) is 0 Å². The summed E-state index contributed by atoms with van der Waals surface area (Å²) < 4.78 is 0. The van der Waals surface area contributed by atoms with Gasteiger partial charge in [0.2, 0.25) is 5.91 Å². The second-order valence-electron chi connectivity index (χ2n) is 4.57. The molecule has 0 aliphatic heterocycles. The van der Waals surface area contributed by atoms with E-state index in [1.807, 2.05) is 6.92 Å². The van der Waals surface area contributed by atoms with Gasteiger partial charge in [0.25, 0.3) is 0 Å². The molecule has 0 spiro atoms. The molecule has 1 aliphatic carbocycles. The lowest BCUT2D eigenvalue weighted by Gasteiger charge is -2.22. The molecule has 0 unspecified atom stereocenters. The van der Waals surface area contributed by atoms with Gasteiger partial charge in [-0.25, -0.2) is 0 Å². The van der Waals surface area contributed by atoms with Crippen LogP contribution in [-0.2, 0) is 4.79 Å². The van der Waals surface area contributed by atoms with Crippen molar-refractivity contribution >= 4 is 18.3 Å². The predicted octanol–water partition coefficient (Wildman–Crippen LogP) is 2.37. The van der Waals surface area contributed by atoms with E-state index >= 15 is 0 Å². The van der Waals surface area contributed by atoms with Crippen LogP contribution in [0.5, 0.6) is 0 Å². The summed E-state index contributed by atoms with van der Waals surface area (Å²) in [6.45, 7) is 1.95. The topological polar surface area (TPSA) is 55.1 Å². The monoisotopic (exact) mass is 248 g/mol. The van der Waals surface area contributed by atoms with Gasteiger partial charge < -0.3 is 11.1 Å². The zero-order chi connectivity index (χ0) is 11.1. The van der Waals surface area contributed by atoms with Crippen LogP contribution in [0.15, 0.2) is 0 Å². The van der Waals surface area contributed by atoms with Gasteiger partial charge in [-0.1, -0.05) is 39.0 Å². The number of nitrogens with one attached hydrogen (secondary N) is 1. The standard InChI is InChI=1S/C12H24N2O.ClH/c1-2-11(13)12(15)14-10-8-6-4-3-5-7-9-10;/h10-11H,2-9,13H2,1H3,(H,14,15);1H/t11-;/m0./s1. The van der Waals surface area contributed by atoms with E-state index in [2.05, 4.69) is 5.32 Å². The van der Waals surface area contributed by atoms with E-state index in [-0.39, 0.29) is 24.4 Å². The Bertz CT molecular complexity index is 191. The van der Waals surface area contributed by atoms with Gasteiger partial charge in [-0.15, -0.1) is 12.4 Å². The third-order valence-corrected chi connectivity index (χ3v) is 3.23. The molecule has 3 N–H and O–H groups in total. The highest BCUT2D eigenvalue weighted by atomic mass is 35.5. The minimum Gasteiger partial charge on any atom is -0.352 e. The van der Waals surface area contributed by atoms with E-state index in [1.165, 1.54) is 32.1 Å². The third kappa shape index (κ3) is 5.71. The molecular formula is C12H25ClN2O. The SMILES string of the molecule is CC[C@H](N)C(=O)NC1CCCCCCC1.Cl. The van der Waals surface area contributed by atoms with Crippen LogP contribution in [0.25, 0.3) is 0 Å². The highest BCUT2D eigenvalue weighted by molar-refractivity contribution is 5.85. The second-order valence-corrected chi connectivity index (χ2v) is 4.57. The first-order valence-electron chi connectivity index (χ1n) is 6.30. The van der Waals surface area contributed by atoms with Gasteiger partial charge in [-0.2, -0.15) is 0 Å². The lowest BCUT2D eigenvalue weighted by atomic mass is 9.96. The van der Waals surface area contributed by atoms with Crippen LogP contribution in [0.4, 0.5) is 0 Å². The molecule has 0 aromatic heterocycles. The van der Waals surface area contributed by atoms with Crippen LogP contribution in [0.1, 0.15) is 58.3 Å². The minimum atomic E-state index is -0.324. The molecule has 1 aliphatic rings. The lowest BCUT2D eigenvalue weighted by molar-refractivity contribution is -0.123. The molecule has 16 heavy (non-hydrogen) atoms. The van der Waals surface area contributed by atoms with Crippen molar-refractivity contribution in [3.05, 3.63) is 0 Å². The molecule has 96 valence electrons. The summed E-state index contributed by atoms with van der Waals surface area (Å²) in [5.74, 6) is 0.0306. The zero-order valence-electron chi connectivity index (χ0n) is 10.2. The first kappa shape index (κ1) is 15.7. The summed E-state index contributed by atoms with van der Waals surface area (Å²) in [7, 11) is 0. The molecule has 0 radical (unpaired) electrons. The summed E-state index contributed by atoms with van der Waals surface area (Å²) in [6.07, 6.45) is 9.44. The zero-order valence-corrected chi connectivity index (χ0v) is 11.0. The van der Waals surface area contributed by atoms with Crippen molar-refractivity contribution in [2.45, 2.75) is 70.4 Å². The molecule has 0 aromatic carbocycles. The summed E-state index contributed by atoms with van der Waals surface area (Å²) in [5.41, 5.74) is 5.69. The van der Waals surface area contributed by atoms with Crippen LogP contribution >= 0.6 is 12.4 Å². The molecule has 1 fully saturated rings. The highest BCUT2D eigenvalue weighted by Crippen LogP contribution is 2.17. The van der Waals surface area contributed by atoms with Gasteiger partial charge in [0.15, 0.2) is 0 Å². The van der Waals surface area contributed by atoms with E-state index in [0.717, 1.165) is 19.3 Å².